The first-order chi connectivity index (χ1) is 7.73. The Morgan fingerprint density at radius 1 is 1.11 bits per heavy atom. The highest BCUT2D eigenvalue weighted by Crippen LogP contribution is 2.22. The third kappa shape index (κ3) is 6.20. The molecule has 104 valence electrons. The van der Waals surface area contributed by atoms with Gasteiger partial charge in [0.15, 0.2) is 0 Å². The number of rotatable bonds is 5. The second-order valence-electron chi connectivity index (χ2n) is 6.62. The molecule has 1 aromatic carbocycles. The number of methoxy groups -OCH3 is 1. The van der Waals surface area contributed by atoms with Crippen molar-refractivity contribution >= 4 is 8.07 Å². The highest BCUT2D eigenvalue weighted by atomic mass is 127. The van der Waals surface area contributed by atoms with Crippen LogP contribution >= 0.6 is 0 Å². The van der Waals surface area contributed by atoms with E-state index in [2.05, 4.69) is 45.9 Å². The summed E-state index contributed by atoms with van der Waals surface area (Å²) in [4.78, 5) is 0. The molecule has 0 N–H and O–H groups in total. The van der Waals surface area contributed by atoms with E-state index in [0.717, 1.165) is 16.8 Å². The van der Waals surface area contributed by atoms with E-state index in [4.69, 9.17) is 4.74 Å². The maximum absolute atomic E-state index is 5.42. The van der Waals surface area contributed by atoms with Gasteiger partial charge in [-0.25, -0.2) is 0 Å². The Balaban J connectivity index is 0.00000289. The number of quaternary nitrogens is 1. The van der Waals surface area contributed by atoms with Gasteiger partial charge in [-0.05, 0) is 12.1 Å². The predicted molar refractivity (Wildman–Crippen MR) is 77.0 cm³/mol. The molecule has 0 aliphatic heterocycles. The van der Waals surface area contributed by atoms with Gasteiger partial charge < -0.3 is 33.2 Å². The van der Waals surface area contributed by atoms with Crippen LogP contribution in [0.5, 0.6) is 5.75 Å². The molecule has 1 aromatic rings. The fourth-order valence-electron chi connectivity index (χ4n) is 2.63. The first-order valence-corrected chi connectivity index (χ1v) is 9.88. The van der Waals surface area contributed by atoms with Gasteiger partial charge in [0.1, 0.15) is 20.4 Å². The Morgan fingerprint density at radius 3 is 2.17 bits per heavy atom. The smallest absolute Gasteiger partial charge is 0.127 e. The van der Waals surface area contributed by atoms with Crippen molar-refractivity contribution in [2.45, 2.75) is 26.2 Å². The summed E-state index contributed by atoms with van der Waals surface area (Å²) >= 11 is 0. The lowest BCUT2D eigenvalue weighted by Gasteiger charge is -2.35. The second kappa shape index (κ2) is 6.91. The molecule has 0 aliphatic rings. The molecule has 0 unspecified atom stereocenters. The van der Waals surface area contributed by atoms with Crippen molar-refractivity contribution in [1.29, 1.82) is 0 Å². The average Bonchev–Trinajstić information content (AvgIpc) is 2.14. The molecular weight excluding hydrogens is 353 g/mol. The van der Waals surface area contributed by atoms with Gasteiger partial charge in [0.2, 0.25) is 0 Å². The number of nitrogens with zero attached hydrogens (tertiary/aromatic N) is 1. The van der Waals surface area contributed by atoms with Crippen molar-refractivity contribution in [3.63, 3.8) is 0 Å². The largest absolute Gasteiger partial charge is 1.00 e. The van der Waals surface area contributed by atoms with Crippen LogP contribution in [0.15, 0.2) is 24.3 Å². The number of hydrogen-bond donors (Lipinski definition) is 0. The van der Waals surface area contributed by atoms with Crippen LogP contribution in [0.1, 0.15) is 5.56 Å². The topological polar surface area (TPSA) is 9.23 Å². The van der Waals surface area contributed by atoms with E-state index in [-0.39, 0.29) is 24.0 Å². The van der Waals surface area contributed by atoms with Crippen molar-refractivity contribution in [2.75, 3.05) is 27.4 Å². The molecule has 0 aliphatic carbocycles. The molecule has 1 rings (SSSR count). The van der Waals surface area contributed by atoms with E-state index in [1.165, 1.54) is 11.7 Å². The van der Waals surface area contributed by atoms with Crippen molar-refractivity contribution < 1.29 is 33.2 Å². The lowest BCUT2D eigenvalue weighted by molar-refractivity contribution is -0.894. The van der Waals surface area contributed by atoms with Gasteiger partial charge in [0.05, 0.1) is 27.4 Å². The molecule has 0 heterocycles. The summed E-state index contributed by atoms with van der Waals surface area (Å²) in [5.74, 6) is 1.01. The molecular formula is C14H26INOSi. The summed E-state index contributed by atoms with van der Waals surface area (Å²) in [6.07, 6.45) is 1.28. The highest BCUT2D eigenvalue weighted by Gasteiger charge is 2.27. The molecule has 0 fully saturated rings. The Labute approximate surface area is 130 Å². The molecule has 4 heteroatoms. The van der Waals surface area contributed by atoms with Gasteiger partial charge >= 0.3 is 0 Å². The number of para-hydroxylation sites is 1. The maximum atomic E-state index is 5.42. The monoisotopic (exact) mass is 379 g/mol. The van der Waals surface area contributed by atoms with Crippen molar-refractivity contribution in [3.8, 4) is 5.75 Å². The van der Waals surface area contributed by atoms with Crippen molar-refractivity contribution in [3.05, 3.63) is 29.8 Å². The quantitative estimate of drug-likeness (QED) is 0.402. The molecule has 0 saturated carbocycles. The number of hydrogen-bond acceptors (Lipinski definition) is 1. The normalized spacial score (nSPS) is 11.9. The third-order valence-electron chi connectivity index (χ3n) is 2.69. The number of benzene rings is 1. The third-order valence-corrected chi connectivity index (χ3v) is 4.50. The SMILES string of the molecule is COc1ccccc1C[N+](C)(C)C[Si](C)(C)C.[I-]. The van der Waals surface area contributed by atoms with Crippen LogP contribution in [0, 0.1) is 0 Å². The Morgan fingerprint density at radius 2 is 1.67 bits per heavy atom. The molecule has 2 nitrogen and oxygen atoms in total. The molecule has 0 spiro atoms. The van der Waals surface area contributed by atoms with E-state index in [1.807, 2.05) is 12.1 Å². The van der Waals surface area contributed by atoms with Crippen molar-refractivity contribution in [1.82, 2.24) is 0 Å². The molecule has 0 aromatic heterocycles. The highest BCUT2D eigenvalue weighted by molar-refractivity contribution is 6.75. The standard InChI is InChI=1S/C14H26NOSi.HI/c1-15(2,12-17(4,5)6)11-13-9-7-8-10-14(13)16-3;/h7-10H,11-12H2,1-6H3;1H/q+1;/p-1. The van der Waals surface area contributed by atoms with Gasteiger partial charge in [0, 0.05) is 5.56 Å². The molecule has 0 saturated heterocycles. The molecule has 0 amide bonds. The lowest BCUT2D eigenvalue weighted by atomic mass is 10.2. The van der Waals surface area contributed by atoms with Gasteiger partial charge in [-0.15, -0.1) is 0 Å². The van der Waals surface area contributed by atoms with Crippen LogP contribution in [0.2, 0.25) is 19.6 Å². The van der Waals surface area contributed by atoms with Gasteiger partial charge in [-0.2, -0.15) is 0 Å². The van der Waals surface area contributed by atoms with E-state index >= 15 is 0 Å². The predicted octanol–water partition coefficient (Wildman–Crippen LogP) is 0.153. The molecule has 18 heavy (non-hydrogen) atoms. The number of halogens is 1. The van der Waals surface area contributed by atoms with Crippen molar-refractivity contribution in [2.24, 2.45) is 0 Å². The average molecular weight is 379 g/mol. The second-order valence-corrected chi connectivity index (χ2v) is 12.1. The Hall–Kier alpha value is -0.0731. The summed E-state index contributed by atoms with van der Waals surface area (Å²) in [6, 6.07) is 8.33. The minimum absolute atomic E-state index is 0. The van der Waals surface area contributed by atoms with Crippen LogP contribution < -0.4 is 28.7 Å². The summed E-state index contributed by atoms with van der Waals surface area (Å²) < 4.78 is 6.46. The Bertz CT molecular complexity index is 374. The fourth-order valence-corrected chi connectivity index (χ4v) is 5.31. The zero-order valence-corrected chi connectivity index (χ0v) is 15.6. The van der Waals surface area contributed by atoms with Crippen LogP contribution in [0.4, 0.5) is 0 Å². The maximum Gasteiger partial charge on any atom is 0.127 e. The van der Waals surface area contributed by atoms with Gasteiger partial charge in [-0.3, -0.25) is 0 Å². The lowest BCUT2D eigenvalue weighted by Crippen LogP contribution is -3.00. The minimum Gasteiger partial charge on any atom is -1.00 e. The fraction of sp³-hybridized carbons (Fsp3) is 0.571. The molecule has 0 radical (unpaired) electrons. The van der Waals surface area contributed by atoms with Crippen LogP contribution in [0.3, 0.4) is 0 Å². The van der Waals surface area contributed by atoms with Crippen LogP contribution in [-0.2, 0) is 6.54 Å². The zero-order valence-electron chi connectivity index (χ0n) is 12.5. The van der Waals surface area contributed by atoms with Crippen LogP contribution in [-0.4, -0.2) is 39.9 Å². The van der Waals surface area contributed by atoms with E-state index < -0.39 is 8.07 Å². The van der Waals surface area contributed by atoms with Crippen LogP contribution in [0.25, 0.3) is 0 Å². The van der Waals surface area contributed by atoms with E-state index in [0.29, 0.717) is 0 Å². The summed E-state index contributed by atoms with van der Waals surface area (Å²) in [5, 5.41) is 0. The minimum atomic E-state index is -1.04. The first kappa shape index (κ1) is 17.9. The zero-order chi connectivity index (χ0) is 13.1. The van der Waals surface area contributed by atoms with Gasteiger partial charge in [-0.1, -0.05) is 31.8 Å². The van der Waals surface area contributed by atoms with Gasteiger partial charge in [0.25, 0.3) is 0 Å². The molecule has 0 atom stereocenters. The summed E-state index contributed by atoms with van der Waals surface area (Å²) in [6.45, 7) is 8.31. The van der Waals surface area contributed by atoms with E-state index in [9.17, 15) is 0 Å². The summed E-state index contributed by atoms with van der Waals surface area (Å²) in [5.41, 5.74) is 1.30. The number of ether oxygens (including phenoxy) is 1. The Kier molecular flexibility index (Phi) is 6.88. The molecule has 0 bridgehead atoms. The first-order valence-electron chi connectivity index (χ1n) is 6.17. The summed E-state index contributed by atoms with van der Waals surface area (Å²) in [7, 11) is 5.33. The van der Waals surface area contributed by atoms with E-state index in [1.54, 1.807) is 7.11 Å².